The van der Waals surface area contributed by atoms with Crippen molar-refractivity contribution in [3.05, 3.63) is 5.28 Å². The van der Waals surface area contributed by atoms with Crippen LogP contribution in [0.3, 0.4) is 0 Å². The Balaban J connectivity index is 2.07. The minimum Gasteiger partial charge on any atom is -0.468 e. The van der Waals surface area contributed by atoms with E-state index in [0.29, 0.717) is 5.95 Å². The minimum absolute atomic E-state index is 0.00369. The van der Waals surface area contributed by atoms with Crippen LogP contribution in [-0.2, 0) is 9.53 Å². The van der Waals surface area contributed by atoms with E-state index in [1.54, 1.807) is 0 Å². The number of hydrogen-bond acceptors (Lipinski definition) is 7. The number of nitrogens with zero attached hydrogens (tertiary/aromatic N) is 4. The molecule has 104 valence electrons. The van der Waals surface area contributed by atoms with E-state index in [-0.39, 0.29) is 17.8 Å². The highest BCUT2D eigenvalue weighted by Crippen LogP contribution is 2.18. The summed E-state index contributed by atoms with van der Waals surface area (Å²) in [6.45, 7) is 1.82. The number of ether oxygens (including phenoxy) is 1. The molecule has 0 atom stereocenters. The molecule has 1 fully saturated rings. The van der Waals surface area contributed by atoms with E-state index in [4.69, 9.17) is 11.6 Å². The van der Waals surface area contributed by atoms with E-state index in [2.05, 4.69) is 29.9 Å². The van der Waals surface area contributed by atoms with Crippen molar-refractivity contribution in [2.75, 3.05) is 37.0 Å². The van der Waals surface area contributed by atoms with Crippen molar-refractivity contribution in [3.8, 4) is 0 Å². The fourth-order valence-electron chi connectivity index (χ4n) is 1.88. The Bertz CT molecular complexity index is 451. The number of nitrogens with one attached hydrogen (secondary N) is 1. The van der Waals surface area contributed by atoms with Gasteiger partial charge in [0, 0.05) is 13.1 Å². The fourth-order valence-corrected chi connectivity index (χ4v) is 2.03. The van der Waals surface area contributed by atoms with Crippen LogP contribution in [0.5, 0.6) is 0 Å². The van der Waals surface area contributed by atoms with E-state index in [1.807, 2.05) is 0 Å². The Labute approximate surface area is 116 Å². The van der Waals surface area contributed by atoms with Gasteiger partial charge in [0.25, 0.3) is 0 Å². The second kappa shape index (κ2) is 6.51. The van der Waals surface area contributed by atoms with Crippen LogP contribution in [0.1, 0.15) is 19.3 Å². The number of anilines is 2. The van der Waals surface area contributed by atoms with Gasteiger partial charge < -0.3 is 15.0 Å². The van der Waals surface area contributed by atoms with Crippen LogP contribution in [0.15, 0.2) is 0 Å². The molecule has 1 aromatic rings. The van der Waals surface area contributed by atoms with Gasteiger partial charge in [0.1, 0.15) is 6.54 Å². The molecule has 0 saturated carbocycles. The highest BCUT2D eigenvalue weighted by molar-refractivity contribution is 6.28. The third-order valence-corrected chi connectivity index (χ3v) is 3.02. The monoisotopic (exact) mass is 285 g/mol. The average Bonchev–Trinajstić information content (AvgIpc) is 2.45. The van der Waals surface area contributed by atoms with Crippen molar-refractivity contribution < 1.29 is 9.53 Å². The van der Waals surface area contributed by atoms with Gasteiger partial charge in [-0.25, -0.2) is 0 Å². The van der Waals surface area contributed by atoms with Crippen molar-refractivity contribution in [2.24, 2.45) is 0 Å². The Morgan fingerprint density at radius 1 is 1.32 bits per heavy atom. The number of carbonyl (C=O) groups excluding carboxylic acids is 1. The average molecular weight is 286 g/mol. The minimum atomic E-state index is -0.393. The number of halogens is 1. The molecule has 0 aliphatic carbocycles. The molecular formula is C11H16ClN5O2. The second-order valence-corrected chi connectivity index (χ2v) is 4.54. The topological polar surface area (TPSA) is 80.2 Å². The van der Waals surface area contributed by atoms with Crippen molar-refractivity contribution in [3.63, 3.8) is 0 Å². The first-order valence-electron chi connectivity index (χ1n) is 6.16. The zero-order valence-corrected chi connectivity index (χ0v) is 11.5. The first kappa shape index (κ1) is 13.8. The molecule has 0 amide bonds. The summed E-state index contributed by atoms with van der Waals surface area (Å²) in [5, 5.41) is 2.88. The van der Waals surface area contributed by atoms with Gasteiger partial charge in [0.05, 0.1) is 7.11 Å². The van der Waals surface area contributed by atoms with Crippen LogP contribution >= 0.6 is 11.6 Å². The van der Waals surface area contributed by atoms with E-state index in [0.717, 1.165) is 25.9 Å². The molecule has 2 rings (SSSR count). The third kappa shape index (κ3) is 3.92. The molecule has 7 nitrogen and oxygen atoms in total. The summed E-state index contributed by atoms with van der Waals surface area (Å²) in [6.07, 6.45) is 3.46. The fraction of sp³-hybridized carbons (Fsp3) is 0.636. The molecule has 0 bridgehead atoms. The first-order valence-corrected chi connectivity index (χ1v) is 6.54. The molecule has 2 heterocycles. The van der Waals surface area contributed by atoms with Crippen LogP contribution in [0.25, 0.3) is 0 Å². The smallest absolute Gasteiger partial charge is 0.325 e. The second-order valence-electron chi connectivity index (χ2n) is 4.21. The van der Waals surface area contributed by atoms with Gasteiger partial charge >= 0.3 is 5.97 Å². The maximum absolute atomic E-state index is 11.1. The van der Waals surface area contributed by atoms with Gasteiger partial charge in [-0.1, -0.05) is 0 Å². The van der Waals surface area contributed by atoms with Crippen LogP contribution < -0.4 is 10.2 Å². The number of esters is 1. The molecule has 1 aliphatic heterocycles. The maximum atomic E-state index is 11.1. The predicted octanol–water partition coefficient (Wildman–Crippen LogP) is 1.10. The SMILES string of the molecule is COC(=O)CNc1nc(Cl)nc(N2CCCCC2)n1. The third-order valence-electron chi connectivity index (χ3n) is 2.85. The predicted molar refractivity (Wildman–Crippen MR) is 71.4 cm³/mol. The molecule has 0 radical (unpaired) electrons. The van der Waals surface area contributed by atoms with Gasteiger partial charge in [0.15, 0.2) is 0 Å². The zero-order chi connectivity index (χ0) is 13.7. The first-order chi connectivity index (χ1) is 9.19. The highest BCUT2D eigenvalue weighted by Gasteiger charge is 2.16. The van der Waals surface area contributed by atoms with Crippen molar-refractivity contribution in [1.29, 1.82) is 0 Å². The molecular weight excluding hydrogens is 270 g/mol. The van der Waals surface area contributed by atoms with Crippen LogP contribution in [0, 0.1) is 0 Å². The number of methoxy groups -OCH3 is 1. The van der Waals surface area contributed by atoms with Gasteiger partial charge in [-0.15, -0.1) is 0 Å². The molecule has 0 aromatic carbocycles. The number of rotatable bonds is 4. The Kier molecular flexibility index (Phi) is 4.73. The van der Waals surface area contributed by atoms with Crippen LogP contribution in [0.2, 0.25) is 5.28 Å². The lowest BCUT2D eigenvalue weighted by atomic mass is 10.1. The summed E-state index contributed by atoms with van der Waals surface area (Å²) in [6, 6.07) is 0. The van der Waals surface area contributed by atoms with Gasteiger partial charge in [-0.2, -0.15) is 15.0 Å². The molecule has 1 aliphatic rings. The van der Waals surface area contributed by atoms with Gasteiger partial charge in [-0.3, -0.25) is 4.79 Å². The summed E-state index contributed by atoms with van der Waals surface area (Å²) < 4.78 is 4.53. The highest BCUT2D eigenvalue weighted by atomic mass is 35.5. The quantitative estimate of drug-likeness (QED) is 0.830. The normalized spacial score (nSPS) is 15.2. The summed E-state index contributed by atoms with van der Waals surface area (Å²) in [4.78, 5) is 25.4. The largest absolute Gasteiger partial charge is 0.468 e. The van der Waals surface area contributed by atoms with E-state index in [1.165, 1.54) is 13.5 Å². The molecule has 1 N–H and O–H groups in total. The maximum Gasteiger partial charge on any atom is 0.325 e. The molecule has 19 heavy (non-hydrogen) atoms. The Morgan fingerprint density at radius 2 is 2.05 bits per heavy atom. The van der Waals surface area contributed by atoms with Crippen molar-refractivity contribution >= 4 is 29.5 Å². The number of carbonyl (C=O) groups is 1. The molecule has 0 unspecified atom stereocenters. The molecule has 0 spiro atoms. The summed E-state index contributed by atoms with van der Waals surface area (Å²) in [5.74, 6) is 0.439. The van der Waals surface area contributed by atoms with Crippen LogP contribution in [-0.4, -0.2) is 47.7 Å². The Morgan fingerprint density at radius 3 is 2.74 bits per heavy atom. The van der Waals surface area contributed by atoms with E-state index in [9.17, 15) is 4.79 Å². The number of hydrogen-bond donors (Lipinski definition) is 1. The number of piperidine rings is 1. The van der Waals surface area contributed by atoms with Gasteiger partial charge in [0.2, 0.25) is 17.2 Å². The molecule has 8 heteroatoms. The molecule has 1 aromatic heterocycles. The van der Waals surface area contributed by atoms with Crippen molar-refractivity contribution in [1.82, 2.24) is 15.0 Å². The van der Waals surface area contributed by atoms with E-state index >= 15 is 0 Å². The zero-order valence-electron chi connectivity index (χ0n) is 10.7. The number of aromatic nitrogens is 3. The van der Waals surface area contributed by atoms with Gasteiger partial charge in [-0.05, 0) is 30.9 Å². The standard InChI is InChI=1S/C11H16ClN5O2/c1-19-8(18)7-13-10-14-9(12)15-11(16-10)17-5-3-2-4-6-17/h2-7H2,1H3,(H,13,14,15,16). The summed E-state index contributed by atoms with van der Waals surface area (Å²) >= 11 is 5.87. The van der Waals surface area contributed by atoms with Crippen molar-refractivity contribution in [2.45, 2.75) is 19.3 Å². The van der Waals surface area contributed by atoms with Crippen LogP contribution in [0.4, 0.5) is 11.9 Å². The summed E-state index contributed by atoms with van der Waals surface area (Å²) in [5.41, 5.74) is 0. The lowest BCUT2D eigenvalue weighted by molar-refractivity contribution is -0.138. The van der Waals surface area contributed by atoms with E-state index < -0.39 is 5.97 Å². The Hall–Kier alpha value is -1.63. The molecule has 1 saturated heterocycles. The lowest BCUT2D eigenvalue weighted by Gasteiger charge is -2.26. The lowest BCUT2D eigenvalue weighted by Crippen LogP contribution is -2.31. The summed E-state index contributed by atoms with van der Waals surface area (Å²) in [7, 11) is 1.32.